The molecule has 0 saturated heterocycles. The van der Waals surface area contributed by atoms with Crippen molar-refractivity contribution in [3.63, 3.8) is 0 Å². The van der Waals surface area contributed by atoms with Gasteiger partial charge in [-0.3, -0.25) is 10.1 Å². The molecule has 4 heteroatoms. The summed E-state index contributed by atoms with van der Waals surface area (Å²) in [4.78, 5) is 11.2. The molecule has 1 saturated carbocycles. The van der Waals surface area contributed by atoms with Crippen LogP contribution in [0, 0.1) is 20.8 Å². The van der Waals surface area contributed by atoms with Crippen molar-refractivity contribution in [1.29, 1.82) is 0 Å². The van der Waals surface area contributed by atoms with Crippen LogP contribution in [0.25, 0.3) is 0 Å². The Balaban J connectivity index is 2.03. The number of aliphatic carboxylic acids is 1. The van der Waals surface area contributed by atoms with Crippen molar-refractivity contribution < 1.29 is 14.6 Å². The van der Waals surface area contributed by atoms with E-state index in [0.29, 0.717) is 6.04 Å². The van der Waals surface area contributed by atoms with E-state index in [0.717, 1.165) is 35.3 Å². The third-order valence-electron chi connectivity index (χ3n) is 3.58. The molecule has 104 valence electrons. The van der Waals surface area contributed by atoms with E-state index in [-0.39, 0.29) is 6.61 Å². The molecule has 1 aliphatic rings. The largest absolute Gasteiger partial charge is 0.491 e. The highest BCUT2D eigenvalue weighted by atomic mass is 16.5. The van der Waals surface area contributed by atoms with E-state index in [4.69, 9.17) is 4.74 Å². The molecular weight excluding hydrogens is 242 g/mol. The van der Waals surface area contributed by atoms with Gasteiger partial charge in [-0.05, 0) is 50.3 Å². The molecule has 1 fully saturated rings. The van der Waals surface area contributed by atoms with Crippen LogP contribution in [0.1, 0.15) is 29.5 Å². The Bertz CT molecular complexity index is 481. The number of hydrogen-bond acceptors (Lipinski definition) is 3. The van der Waals surface area contributed by atoms with Gasteiger partial charge in [-0.1, -0.05) is 12.1 Å². The summed E-state index contributed by atoms with van der Waals surface area (Å²) in [5.74, 6) is -0.0429. The van der Waals surface area contributed by atoms with Crippen LogP contribution in [0.3, 0.4) is 0 Å². The number of aryl methyl sites for hydroxylation is 2. The highest BCUT2D eigenvalue weighted by molar-refractivity contribution is 5.73. The van der Waals surface area contributed by atoms with Crippen LogP contribution in [0.2, 0.25) is 0 Å². The standard InChI is InChI=1S/C15H21NO3/c1-9-4-5-10(2)14(11(9)3)19-8-13(15(17)18)16-12-6-7-12/h4-5,12-13,16H,6-8H2,1-3H3,(H,17,18). The third kappa shape index (κ3) is 3.47. The smallest absolute Gasteiger partial charge is 0.324 e. The average Bonchev–Trinajstić information content (AvgIpc) is 3.16. The fourth-order valence-electron chi connectivity index (χ4n) is 2.04. The van der Waals surface area contributed by atoms with E-state index in [1.54, 1.807) is 0 Å². The molecular formula is C15H21NO3. The molecule has 0 heterocycles. The van der Waals surface area contributed by atoms with Crippen molar-refractivity contribution >= 4 is 5.97 Å². The van der Waals surface area contributed by atoms with Crippen LogP contribution in [0.15, 0.2) is 12.1 Å². The Morgan fingerprint density at radius 2 is 2.00 bits per heavy atom. The molecule has 1 aromatic rings. The van der Waals surface area contributed by atoms with Crippen LogP contribution in [0.5, 0.6) is 5.75 Å². The van der Waals surface area contributed by atoms with Gasteiger partial charge in [-0.15, -0.1) is 0 Å². The lowest BCUT2D eigenvalue weighted by Gasteiger charge is -2.18. The van der Waals surface area contributed by atoms with Crippen molar-refractivity contribution in [2.45, 2.75) is 45.7 Å². The number of carboxylic acids is 1. The molecule has 2 rings (SSSR count). The van der Waals surface area contributed by atoms with Gasteiger partial charge in [0.05, 0.1) is 0 Å². The second kappa shape index (κ2) is 5.61. The molecule has 1 aliphatic carbocycles. The van der Waals surface area contributed by atoms with E-state index in [2.05, 4.69) is 11.4 Å². The summed E-state index contributed by atoms with van der Waals surface area (Å²) in [6, 6.07) is 3.77. The summed E-state index contributed by atoms with van der Waals surface area (Å²) < 4.78 is 5.76. The van der Waals surface area contributed by atoms with Crippen molar-refractivity contribution in [3.8, 4) is 5.75 Å². The van der Waals surface area contributed by atoms with Crippen molar-refractivity contribution in [2.24, 2.45) is 0 Å². The summed E-state index contributed by atoms with van der Waals surface area (Å²) in [7, 11) is 0. The Kier molecular flexibility index (Phi) is 4.10. The van der Waals surface area contributed by atoms with Crippen LogP contribution in [0.4, 0.5) is 0 Å². The summed E-state index contributed by atoms with van der Waals surface area (Å²) in [6.45, 7) is 6.17. The minimum absolute atomic E-state index is 0.164. The first-order valence-electron chi connectivity index (χ1n) is 6.67. The molecule has 4 nitrogen and oxygen atoms in total. The van der Waals surface area contributed by atoms with Crippen molar-refractivity contribution in [2.75, 3.05) is 6.61 Å². The zero-order valence-electron chi connectivity index (χ0n) is 11.7. The fourth-order valence-corrected chi connectivity index (χ4v) is 2.04. The summed E-state index contributed by atoms with van der Waals surface area (Å²) in [6.07, 6.45) is 2.12. The van der Waals surface area contributed by atoms with E-state index in [9.17, 15) is 9.90 Å². The minimum atomic E-state index is -0.852. The van der Waals surface area contributed by atoms with E-state index in [1.807, 2.05) is 26.8 Å². The molecule has 1 atom stereocenters. The van der Waals surface area contributed by atoms with Gasteiger partial charge < -0.3 is 9.84 Å². The van der Waals surface area contributed by atoms with E-state index >= 15 is 0 Å². The fraction of sp³-hybridized carbons (Fsp3) is 0.533. The second-order valence-corrected chi connectivity index (χ2v) is 5.30. The lowest BCUT2D eigenvalue weighted by Crippen LogP contribution is -2.42. The zero-order valence-corrected chi connectivity index (χ0v) is 11.7. The Morgan fingerprint density at radius 3 is 2.58 bits per heavy atom. The third-order valence-corrected chi connectivity index (χ3v) is 3.58. The Morgan fingerprint density at radius 1 is 1.37 bits per heavy atom. The first-order valence-corrected chi connectivity index (χ1v) is 6.67. The maximum Gasteiger partial charge on any atom is 0.324 e. The molecule has 2 N–H and O–H groups in total. The van der Waals surface area contributed by atoms with Crippen molar-refractivity contribution in [3.05, 3.63) is 28.8 Å². The number of hydrogen-bond donors (Lipinski definition) is 2. The number of carbonyl (C=O) groups is 1. The summed E-state index contributed by atoms with van der Waals surface area (Å²) >= 11 is 0. The van der Waals surface area contributed by atoms with Gasteiger partial charge >= 0.3 is 5.97 Å². The molecule has 0 bridgehead atoms. The number of nitrogens with one attached hydrogen (secondary N) is 1. The topological polar surface area (TPSA) is 58.6 Å². The van der Waals surface area contributed by atoms with Crippen LogP contribution in [-0.2, 0) is 4.79 Å². The van der Waals surface area contributed by atoms with Crippen LogP contribution < -0.4 is 10.1 Å². The average molecular weight is 263 g/mol. The highest BCUT2D eigenvalue weighted by Gasteiger charge is 2.28. The highest BCUT2D eigenvalue weighted by Crippen LogP contribution is 2.26. The second-order valence-electron chi connectivity index (χ2n) is 5.30. The lowest BCUT2D eigenvalue weighted by molar-refractivity contribution is -0.140. The molecule has 1 aromatic carbocycles. The number of benzene rings is 1. The molecule has 0 amide bonds. The zero-order chi connectivity index (χ0) is 14.0. The summed E-state index contributed by atoms with van der Waals surface area (Å²) in [5.41, 5.74) is 3.27. The number of rotatable bonds is 6. The number of carboxylic acid groups (broad SMARTS) is 1. The van der Waals surface area contributed by atoms with Gasteiger partial charge in [0, 0.05) is 6.04 Å². The first kappa shape index (κ1) is 13.9. The van der Waals surface area contributed by atoms with Gasteiger partial charge in [0.25, 0.3) is 0 Å². The molecule has 0 aliphatic heterocycles. The molecule has 0 radical (unpaired) electrons. The van der Waals surface area contributed by atoms with Gasteiger partial charge in [0.15, 0.2) is 0 Å². The van der Waals surface area contributed by atoms with Gasteiger partial charge in [-0.25, -0.2) is 0 Å². The molecule has 0 aromatic heterocycles. The van der Waals surface area contributed by atoms with Crippen molar-refractivity contribution in [1.82, 2.24) is 5.32 Å². The Hall–Kier alpha value is -1.55. The van der Waals surface area contributed by atoms with Crippen LogP contribution in [-0.4, -0.2) is 29.8 Å². The maximum absolute atomic E-state index is 11.2. The van der Waals surface area contributed by atoms with Gasteiger partial charge in [0.1, 0.15) is 18.4 Å². The SMILES string of the molecule is Cc1ccc(C)c(OCC(NC2CC2)C(=O)O)c1C. The van der Waals surface area contributed by atoms with E-state index < -0.39 is 12.0 Å². The number of ether oxygens (including phenoxy) is 1. The normalized spacial score (nSPS) is 16.2. The predicted molar refractivity (Wildman–Crippen MR) is 73.7 cm³/mol. The lowest BCUT2D eigenvalue weighted by atomic mass is 10.1. The maximum atomic E-state index is 11.2. The molecule has 19 heavy (non-hydrogen) atoms. The van der Waals surface area contributed by atoms with E-state index in [1.165, 1.54) is 0 Å². The predicted octanol–water partition coefficient (Wildman–Crippen LogP) is 2.20. The first-order chi connectivity index (χ1) is 8.99. The molecule has 0 spiro atoms. The quantitative estimate of drug-likeness (QED) is 0.826. The van der Waals surface area contributed by atoms with Crippen LogP contribution >= 0.6 is 0 Å². The molecule has 1 unspecified atom stereocenters. The van der Waals surface area contributed by atoms with Gasteiger partial charge in [-0.2, -0.15) is 0 Å². The monoisotopic (exact) mass is 263 g/mol. The Labute approximate surface area is 113 Å². The minimum Gasteiger partial charge on any atom is -0.491 e. The summed E-state index contributed by atoms with van der Waals surface area (Å²) in [5, 5.41) is 12.3. The van der Waals surface area contributed by atoms with Gasteiger partial charge in [0.2, 0.25) is 0 Å².